The second-order valence-corrected chi connectivity index (χ2v) is 5.75. The number of hydrogen-bond donors (Lipinski definition) is 1. The Morgan fingerprint density at radius 1 is 1.44 bits per heavy atom. The molecule has 1 aliphatic rings. The van der Waals surface area contributed by atoms with E-state index >= 15 is 0 Å². The third-order valence-electron chi connectivity index (χ3n) is 4.53. The lowest BCUT2D eigenvalue weighted by Gasteiger charge is -2.28. The van der Waals surface area contributed by atoms with Crippen LogP contribution in [0, 0.1) is 11.3 Å². The first-order valence-corrected chi connectivity index (χ1v) is 7.04. The molecule has 0 aliphatic heterocycles. The summed E-state index contributed by atoms with van der Waals surface area (Å²) in [4.78, 5) is 0. The van der Waals surface area contributed by atoms with Gasteiger partial charge in [-0.25, -0.2) is 0 Å². The largest absolute Gasteiger partial charge is 0.497 e. The summed E-state index contributed by atoms with van der Waals surface area (Å²) in [5.41, 5.74) is 7.76. The molecule has 0 aromatic heterocycles. The molecule has 1 saturated carbocycles. The van der Waals surface area contributed by atoms with Crippen molar-refractivity contribution in [3.63, 3.8) is 0 Å². The molecule has 0 spiro atoms. The highest BCUT2D eigenvalue weighted by Crippen LogP contribution is 2.44. The number of nitrogens with two attached hydrogens (primary N) is 1. The van der Waals surface area contributed by atoms with Gasteiger partial charge < -0.3 is 10.5 Å². The summed E-state index contributed by atoms with van der Waals surface area (Å²) in [6, 6.07) is 8.42. The summed E-state index contributed by atoms with van der Waals surface area (Å²) in [6.07, 6.45) is 6.30. The van der Waals surface area contributed by atoms with Gasteiger partial charge in [0.1, 0.15) is 5.75 Å². The third-order valence-corrected chi connectivity index (χ3v) is 4.53. The van der Waals surface area contributed by atoms with Crippen LogP contribution in [0.5, 0.6) is 5.75 Å². The van der Waals surface area contributed by atoms with E-state index < -0.39 is 0 Å². The highest BCUT2D eigenvalue weighted by atomic mass is 16.5. The number of methoxy groups -OCH3 is 1. The highest BCUT2D eigenvalue weighted by Gasteiger charge is 2.37. The average molecular weight is 247 g/mol. The normalized spacial score (nSPS) is 27.4. The topological polar surface area (TPSA) is 35.2 Å². The van der Waals surface area contributed by atoms with E-state index in [1.807, 2.05) is 6.07 Å². The molecule has 1 aromatic carbocycles. The zero-order valence-electron chi connectivity index (χ0n) is 11.6. The minimum absolute atomic E-state index is 0.326. The first-order chi connectivity index (χ1) is 8.71. The average Bonchev–Trinajstić information content (AvgIpc) is 2.83. The van der Waals surface area contributed by atoms with Crippen LogP contribution in [0.3, 0.4) is 0 Å². The fourth-order valence-electron chi connectivity index (χ4n) is 3.31. The molecular weight excluding hydrogens is 222 g/mol. The SMILES string of the molecule is CCC1CCC(CN)(Cc2cccc(OC)c2)C1. The Morgan fingerprint density at radius 2 is 2.28 bits per heavy atom. The van der Waals surface area contributed by atoms with Crippen LogP contribution in [0.1, 0.15) is 38.2 Å². The lowest BCUT2D eigenvalue weighted by atomic mass is 9.79. The Morgan fingerprint density at radius 3 is 2.89 bits per heavy atom. The van der Waals surface area contributed by atoms with Crippen molar-refractivity contribution in [2.75, 3.05) is 13.7 Å². The van der Waals surface area contributed by atoms with Crippen molar-refractivity contribution < 1.29 is 4.74 Å². The van der Waals surface area contributed by atoms with Gasteiger partial charge in [0.25, 0.3) is 0 Å². The molecule has 0 amide bonds. The first-order valence-electron chi connectivity index (χ1n) is 7.04. The van der Waals surface area contributed by atoms with Gasteiger partial charge in [-0.2, -0.15) is 0 Å². The number of hydrogen-bond acceptors (Lipinski definition) is 2. The van der Waals surface area contributed by atoms with Crippen molar-refractivity contribution >= 4 is 0 Å². The molecule has 2 N–H and O–H groups in total. The van der Waals surface area contributed by atoms with E-state index in [1.165, 1.54) is 31.2 Å². The van der Waals surface area contributed by atoms with Gasteiger partial charge in [0.05, 0.1) is 7.11 Å². The van der Waals surface area contributed by atoms with Gasteiger partial charge in [-0.15, -0.1) is 0 Å². The zero-order valence-corrected chi connectivity index (χ0v) is 11.6. The van der Waals surface area contributed by atoms with Crippen LogP contribution >= 0.6 is 0 Å². The molecule has 100 valence electrons. The smallest absolute Gasteiger partial charge is 0.119 e. The zero-order chi connectivity index (χ0) is 13.0. The lowest BCUT2D eigenvalue weighted by molar-refractivity contribution is 0.290. The Balaban J connectivity index is 2.10. The molecule has 2 unspecified atom stereocenters. The van der Waals surface area contributed by atoms with Crippen LogP contribution in [0.4, 0.5) is 0 Å². The minimum atomic E-state index is 0.326. The first kappa shape index (κ1) is 13.4. The van der Waals surface area contributed by atoms with Crippen molar-refractivity contribution in [1.82, 2.24) is 0 Å². The summed E-state index contributed by atoms with van der Waals surface area (Å²) in [5.74, 6) is 1.82. The minimum Gasteiger partial charge on any atom is -0.497 e. The fraction of sp³-hybridized carbons (Fsp3) is 0.625. The van der Waals surface area contributed by atoms with E-state index in [2.05, 4.69) is 25.1 Å². The third kappa shape index (κ3) is 2.86. The second-order valence-electron chi connectivity index (χ2n) is 5.75. The standard InChI is InChI=1S/C16H25NO/c1-3-13-7-8-16(10-13,12-17)11-14-5-4-6-15(9-14)18-2/h4-6,9,13H,3,7-8,10-12,17H2,1-2H3. The van der Waals surface area contributed by atoms with E-state index in [1.54, 1.807) is 7.11 Å². The quantitative estimate of drug-likeness (QED) is 0.865. The summed E-state index contributed by atoms with van der Waals surface area (Å²) in [6.45, 7) is 3.10. The Bertz CT molecular complexity index is 390. The predicted molar refractivity (Wildman–Crippen MR) is 75.8 cm³/mol. The number of rotatable bonds is 5. The Kier molecular flexibility index (Phi) is 4.28. The Labute approximate surface area is 111 Å². The number of benzene rings is 1. The molecule has 0 bridgehead atoms. The van der Waals surface area contributed by atoms with Gasteiger partial charge >= 0.3 is 0 Å². The van der Waals surface area contributed by atoms with Crippen LogP contribution < -0.4 is 10.5 Å². The van der Waals surface area contributed by atoms with Gasteiger partial charge in [-0.1, -0.05) is 25.5 Å². The van der Waals surface area contributed by atoms with Crippen LogP contribution in [-0.2, 0) is 6.42 Å². The van der Waals surface area contributed by atoms with Crippen LogP contribution in [0.25, 0.3) is 0 Å². The molecular formula is C16H25NO. The van der Waals surface area contributed by atoms with Crippen molar-refractivity contribution in [2.45, 2.75) is 39.0 Å². The molecule has 0 radical (unpaired) electrons. The molecule has 1 fully saturated rings. The molecule has 1 aromatic rings. The van der Waals surface area contributed by atoms with Crippen molar-refractivity contribution in [1.29, 1.82) is 0 Å². The molecule has 1 aliphatic carbocycles. The molecule has 18 heavy (non-hydrogen) atoms. The maximum absolute atomic E-state index is 6.07. The van der Waals surface area contributed by atoms with Crippen LogP contribution in [0.2, 0.25) is 0 Å². The van der Waals surface area contributed by atoms with Gasteiger partial charge in [-0.3, -0.25) is 0 Å². The van der Waals surface area contributed by atoms with E-state index in [4.69, 9.17) is 10.5 Å². The fourth-order valence-corrected chi connectivity index (χ4v) is 3.31. The summed E-state index contributed by atoms with van der Waals surface area (Å²) < 4.78 is 5.30. The molecule has 0 saturated heterocycles. The molecule has 2 nitrogen and oxygen atoms in total. The number of ether oxygens (including phenoxy) is 1. The van der Waals surface area contributed by atoms with E-state index in [-0.39, 0.29) is 0 Å². The van der Waals surface area contributed by atoms with E-state index in [9.17, 15) is 0 Å². The van der Waals surface area contributed by atoms with Gasteiger partial charge in [-0.05, 0) is 61.3 Å². The van der Waals surface area contributed by atoms with Crippen molar-refractivity contribution in [3.8, 4) is 5.75 Å². The van der Waals surface area contributed by atoms with E-state index in [0.717, 1.165) is 24.6 Å². The van der Waals surface area contributed by atoms with Crippen LogP contribution in [-0.4, -0.2) is 13.7 Å². The van der Waals surface area contributed by atoms with Crippen molar-refractivity contribution in [3.05, 3.63) is 29.8 Å². The molecule has 0 heterocycles. The van der Waals surface area contributed by atoms with Crippen molar-refractivity contribution in [2.24, 2.45) is 17.1 Å². The predicted octanol–water partition coefficient (Wildman–Crippen LogP) is 3.39. The van der Waals surface area contributed by atoms with Gasteiger partial charge in [0.15, 0.2) is 0 Å². The van der Waals surface area contributed by atoms with Crippen LogP contribution in [0.15, 0.2) is 24.3 Å². The monoisotopic (exact) mass is 247 g/mol. The highest BCUT2D eigenvalue weighted by molar-refractivity contribution is 5.29. The van der Waals surface area contributed by atoms with Gasteiger partial charge in [0.2, 0.25) is 0 Å². The Hall–Kier alpha value is -1.02. The maximum atomic E-state index is 6.07. The lowest BCUT2D eigenvalue weighted by Crippen LogP contribution is -2.30. The molecule has 2 atom stereocenters. The summed E-state index contributed by atoms with van der Waals surface area (Å²) >= 11 is 0. The van der Waals surface area contributed by atoms with E-state index in [0.29, 0.717) is 5.41 Å². The summed E-state index contributed by atoms with van der Waals surface area (Å²) in [5, 5.41) is 0. The van der Waals surface area contributed by atoms with Gasteiger partial charge in [0, 0.05) is 0 Å². The second kappa shape index (κ2) is 5.75. The summed E-state index contributed by atoms with van der Waals surface area (Å²) in [7, 11) is 1.72. The maximum Gasteiger partial charge on any atom is 0.119 e. The molecule has 2 rings (SSSR count). The molecule has 2 heteroatoms.